The van der Waals surface area contributed by atoms with Crippen molar-refractivity contribution in [3.63, 3.8) is 0 Å². The molecule has 1 aliphatic heterocycles. The van der Waals surface area contributed by atoms with Crippen molar-refractivity contribution in [2.24, 2.45) is 0 Å². The zero-order valence-electron chi connectivity index (χ0n) is 19.2. The number of nitrogens with one attached hydrogen (secondary N) is 1. The van der Waals surface area contributed by atoms with Crippen LogP contribution in [0.5, 0.6) is 5.75 Å². The number of benzene rings is 2. The van der Waals surface area contributed by atoms with E-state index < -0.39 is 5.60 Å². The highest BCUT2D eigenvalue weighted by atomic mass is 16.5. The highest BCUT2D eigenvalue weighted by Crippen LogP contribution is 2.44. The summed E-state index contributed by atoms with van der Waals surface area (Å²) in [5.41, 5.74) is 6.59. The van der Waals surface area contributed by atoms with Gasteiger partial charge in [0.15, 0.2) is 5.78 Å². The third kappa shape index (κ3) is 4.18. The maximum atomic E-state index is 13.2. The van der Waals surface area contributed by atoms with E-state index in [1.54, 1.807) is 0 Å². The number of aryl methyl sites for hydroxylation is 3. The summed E-state index contributed by atoms with van der Waals surface area (Å²) >= 11 is 0. The van der Waals surface area contributed by atoms with E-state index in [1.807, 2.05) is 52.0 Å². The second-order valence-electron chi connectivity index (χ2n) is 9.04. The predicted molar refractivity (Wildman–Crippen MR) is 129 cm³/mol. The molecule has 2 heterocycles. The van der Waals surface area contributed by atoms with Gasteiger partial charge in [0.05, 0.1) is 0 Å². The fourth-order valence-corrected chi connectivity index (χ4v) is 4.39. The van der Waals surface area contributed by atoms with Gasteiger partial charge in [-0.15, -0.1) is 0 Å². The number of carbonyl (C=O) groups is 1. The first-order valence-electron chi connectivity index (χ1n) is 11.0. The molecule has 4 nitrogen and oxygen atoms in total. The van der Waals surface area contributed by atoms with Crippen molar-refractivity contribution >= 4 is 5.78 Å². The molecule has 1 unspecified atom stereocenters. The molecular formula is C28H29NO3. The van der Waals surface area contributed by atoms with Gasteiger partial charge in [-0.2, -0.15) is 0 Å². The van der Waals surface area contributed by atoms with Crippen molar-refractivity contribution in [2.75, 3.05) is 0 Å². The van der Waals surface area contributed by atoms with Crippen LogP contribution in [0, 0.1) is 20.8 Å². The molecule has 1 aliphatic rings. The minimum absolute atomic E-state index is 0.0211. The summed E-state index contributed by atoms with van der Waals surface area (Å²) in [6.45, 7) is 11.8. The van der Waals surface area contributed by atoms with E-state index >= 15 is 0 Å². The summed E-state index contributed by atoms with van der Waals surface area (Å²) in [5.74, 6) is 0.839. The zero-order chi connectivity index (χ0) is 23.0. The van der Waals surface area contributed by atoms with Crippen LogP contribution in [0.2, 0.25) is 0 Å². The van der Waals surface area contributed by atoms with E-state index in [2.05, 4.69) is 35.8 Å². The summed E-state index contributed by atoms with van der Waals surface area (Å²) in [4.78, 5) is 28.4. The van der Waals surface area contributed by atoms with E-state index in [9.17, 15) is 9.59 Å². The van der Waals surface area contributed by atoms with Crippen LogP contribution in [-0.4, -0.2) is 16.4 Å². The van der Waals surface area contributed by atoms with Gasteiger partial charge < -0.3 is 9.72 Å². The van der Waals surface area contributed by atoms with Gasteiger partial charge in [-0.1, -0.05) is 36.4 Å². The van der Waals surface area contributed by atoms with Crippen LogP contribution in [-0.2, 0) is 12.8 Å². The molecule has 0 fully saturated rings. The first-order valence-corrected chi connectivity index (χ1v) is 11.0. The number of ketones is 1. The maximum absolute atomic E-state index is 13.2. The lowest BCUT2D eigenvalue weighted by molar-refractivity contribution is 0.0982. The molecule has 1 atom stereocenters. The number of aromatic amines is 1. The number of ether oxygens (including phenoxy) is 1. The molecule has 4 rings (SSSR count). The Labute approximate surface area is 189 Å². The Morgan fingerprint density at radius 2 is 1.88 bits per heavy atom. The minimum atomic E-state index is -0.490. The van der Waals surface area contributed by atoms with Gasteiger partial charge in [-0.3, -0.25) is 9.59 Å². The van der Waals surface area contributed by atoms with E-state index in [1.165, 1.54) is 5.56 Å². The number of aromatic nitrogens is 1. The van der Waals surface area contributed by atoms with Gasteiger partial charge in [0.25, 0.3) is 5.56 Å². The molecule has 0 amide bonds. The molecule has 0 radical (unpaired) electrons. The van der Waals surface area contributed by atoms with Gasteiger partial charge in [-0.25, -0.2) is 0 Å². The van der Waals surface area contributed by atoms with Gasteiger partial charge in [0.2, 0.25) is 0 Å². The fourth-order valence-electron chi connectivity index (χ4n) is 4.39. The number of H-pyrrole nitrogens is 1. The van der Waals surface area contributed by atoms with Crippen molar-refractivity contribution in [3.8, 4) is 16.9 Å². The van der Waals surface area contributed by atoms with Crippen LogP contribution in [0.15, 0.2) is 59.9 Å². The first kappa shape index (κ1) is 21.8. The summed E-state index contributed by atoms with van der Waals surface area (Å²) in [7, 11) is 0. The third-order valence-corrected chi connectivity index (χ3v) is 6.25. The highest BCUT2D eigenvalue weighted by Gasteiger charge is 2.34. The van der Waals surface area contributed by atoms with Crippen LogP contribution in [0.1, 0.15) is 51.7 Å². The fraction of sp³-hybridized carbons (Fsp3) is 0.286. The van der Waals surface area contributed by atoms with Gasteiger partial charge in [0.1, 0.15) is 11.4 Å². The maximum Gasteiger partial charge on any atom is 0.251 e. The number of rotatable bonds is 6. The smallest absolute Gasteiger partial charge is 0.251 e. The standard InChI is InChI=1S/C28H29NO3/c1-6-28(5)16-22-14-21(15-24(26(22)32-28)20-9-7-17(2)8-10-20)25(30)12-11-23-18(3)13-19(4)29-27(23)31/h6-10,13-15H,1,11-12,16H2,2-5H3,(H,29,31). The van der Waals surface area contributed by atoms with Crippen molar-refractivity contribution < 1.29 is 9.53 Å². The molecular weight excluding hydrogens is 398 g/mol. The molecule has 3 aromatic rings. The Morgan fingerprint density at radius 1 is 1.16 bits per heavy atom. The molecule has 0 bridgehead atoms. The van der Waals surface area contributed by atoms with Crippen LogP contribution in [0.25, 0.3) is 11.1 Å². The van der Waals surface area contributed by atoms with E-state index in [0.717, 1.165) is 33.7 Å². The summed E-state index contributed by atoms with van der Waals surface area (Å²) in [6.07, 6.45) is 3.18. The number of carbonyl (C=O) groups excluding carboxylic acids is 1. The van der Waals surface area contributed by atoms with Gasteiger partial charge in [0, 0.05) is 35.2 Å². The van der Waals surface area contributed by atoms with E-state index in [-0.39, 0.29) is 17.8 Å². The molecule has 0 spiro atoms. The van der Waals surface area contributed by atoms with Crippen molar-refractivity contribution in [1.29, 1.82) is 0 Å². The molecule has 4 heteroatoms. The summed E-state index contributed by atoms with van der Waals surface area (Å²) in [5, 5.41) is 0. The Kier molecular flexibility index (Phi) is 5.64. The van der Waals surface area contributed by atoms with Gasteiger partial charge in [-0.05, 0) is 75.1 Å². The number of fused-ring (bicyclic) bond motifs is 1. The lowest BCUT2D eigenvalue weighted by atomic mass is 9.92. The zero-order valence-corrected chi connectivity index (χ0v) is 19.2. The monoisotopic (exact) mass is 427 g/mol. The van der Waals surface area contributed by atoms with Crippen LogP contribution < -0.4 is 10.3 Å². The van der Waals surface area contributed by atoms with E-state index in [0.29, 0.717) is 24.0 Å². The van der Waals surface area contributed by atoms with Crippen molar-refractivity contribution in [3.05, 3.63) is 99.0 Å². The van der Waals surface area contributed by atoms with Crippen molar-refractivity contribution in [1.82, 2.24) is 4.98 Å². The van der Waals surface area contributed by atoms with Crippen molar-refractivity contribution in [2.45, 2.75) is 52.6 Å². The second kappa shape index (κ2) is 8.27. The Hall–Kier alpha value is -3.40. The number of hydrogen-bond donors (Lipinski definition) is 1. The molecule has 0 saturated heterocycles. The Bertz CT molecular complexity index is 1270. The van der Waals surface area contributed by atoms with E-state index in [4.69, 9.17) is 4.74 Å². The highest BCUT2D eigenvalue weighted by molar-refractivity contribution is 5.98. The second-order valence-corrected chi connectivity index (χ2v) is 9.04. The Morgan fingerprint density at radius 3 is 2.53 bits per heavy atom. The lowest BCUT2D eigenvalue weighted by Gasteiger charge is -2.19. The lowest BCUT2D eigenvalue weighted by Crippen LogP contribution is -2.26. The molecule has 1 N–H and O–H groups in total. The largest absolute Gasteiger partial charge is 0.482 e. The average Bonchev–Trinajstić information content (AvgIpc) is 3.09. The van der Waals surface area contributed by atoms with Crippen LogP contribution in [0.4, 0.5) is 0 Å². The molecule has 1 aromatic heterocycles. The van der Waals surface area contributed by atoms with Gasteiger partial charge >= 0.3 is 0 Å². The Balaban J connectivity index is 1.69. The molecule has 32 heavy (non-hydrogen) atoms. The molecule has 2 aromatic carbocycles. The minimum Gasteiger partial charge on any atom is -0.482 e. The number of hydrogen-bond acceptors (Lipinski definition) is 3. The summed E-state index contributed by atoms with van der Waals surface area (Å²) < 4.78 is 6.29. The number of Topliss-reactive ketones (excluding diaryl/α,β-unsaturated/α-hetero) is 1. The predicted octanol–water partition coefficient (Wildman–Crippen LogP) is 5.66. The van der Waals surface area contributed by atoms with Crippen LogP contribution >= 0.6 is 0 Å². The number of pyridine rings is 1. The SMILES string of the molecule is C=CC1(C)Cc2cc(C(=O)CCc3c(C)cc(C)[nH]c3=O)cc(-c3ccc(C)cc3)c2O1. The topological polar surface area (TPSA) is 59.2 Å². The summed E-state index contributed by atoms with van der Waals surface area (Å²) in [6, 6.07) is 14.0. The normalized spacial score (nSPS) is 17.0. The molecule has 164 valence electrons. The quantitative estimate of drug-likeness (QED) is 0.408. The third-order valence-electron chi connectivity index (χ3n) is 6.25. The first-order chi connectivity index (χ1) is 15.2. The average molecular weight is 428 g/mol. The van der Waals surface area contributed by atoms with Crippen LogP contribution in [0.3, 0.4) is 0 Å². The molecule has 0 saturated carbocycles. The molecule has 0 aliphatic carbocycles.